The molecule has 2 aromatic heterocycles. The highest BCUT2D eigenvalue weighted by Crippen LogP contribution is 2.41. The van der Waals surface area contributed by atoms with E-state index in [0.29, 0.717) is 17.5 Å². The Balaban J connectivity index is 0.945. The van der Waals surface area contributed by atoms with E-state index in [4.69, 9.17) is 15.0 Å². The van der Waals surface area contributed by atoms with Crippen LogP contribution in [0, 0.1) is 0 Å². The molecule has 0 amide bonds. The number of para-hydroxylation sites is 2. The predicted octanol–water partition coefficient (Wildman–Crippen LogP) is 16.4. The zero-order valence-corrected chi connectivity index (χ0v) is 36.4. The molecule has 67 heavy (non-hydrogen) atoms. The third kappa shape index (κ3) is 6.65. The van der Waals surface area contributed by atoms with E-state index >= 15 is 0 Å². The minimum atomic E-state index is 0.610. The second-order valence-electron chi connectivity index (χ2n) is 17.2. The molecule has 13 aromatic rings. The van der Waals surface area contributed by atoms with Crippen LogP contribution >= 0.6 is 0 Å². The maximum Gasteiger partial charge on any atom is 0.164 e. The molecule has 0 aliphatic heterocycles. The van der Waals surface area contributed by atoms with Crippen LogP contribution < -0.4 is 0 Å². The molecular weight excluding hydrogens is 813 g/mol. The van der Waals surface area contributed by atoms with E-state index in [1.807, 2.05) is 6.07 Å². The molecule has 0 spiro atoms. The van der Waals surface area contributed by atoms with Crippen LogP contribution in [0.1, 0.15) is 0 Å². The normalized spacial score (nSPS) is 11.6. The van der Waals surface area contributed by atoms with Crippen molar-refractivity contribution in [1.82, 2.24) is 19.5 Å². The molecule has 312 valence electrons. The highest BCUT2D eigenvalue weighted by Gasteiger charge is 2.18. The Labute approximate surface area is 387 Å². The van der Waals surface area contributed by atoms with Crippen LogP contribution in [0.15, 0.2) is 243 Å². The molecule has 4 nitrogen and oxygen atoms in total. The number of benzene rings is 11. The number of hydrogen-bond acceptors (Lipinski definition) is 3. The first kappa shape index (κ1) is 38.5. The lowest BCUT2D eigenvalue weighted by atomic mass is 9.89. The van der Waals surface area contributed by atoms with Crippen molar-refractivity contribution < 1.29 is 0 Å². The maximum absolute atomic E-state index is 5.28. The van der Waals surface area contributed by atoms with Crippen molar-refractivity contribution in [3.8, 4) is 73.2 Å². The lowest BCUT2D eigenvalue weighted by molar-refractivity contribution is 1.07. The van der Waals surface area contributed by atoms with Gasteiger partial charge in [-0.25, -0.2) is 15.0 Å². The van der Waals surface area contributed by atoms with E-state index in [9.17, 15) is 0 Å². The molecule has 0 unspecified atom stereocenters. The Kier molecular flexibility index (Phi) is 9.14. The predicted molar refractivity (Wildman–Crippen MR) is 279 cm³/mol. The summed E-state index contributed by atoms with van der Waals surface area (Å²) >= 11 is 0. The largest absolute Gasteiger partial charge is 0.309 e. The molecule has 0 N–H and O–H groups in total. The van der Waals surface area contributed by atoms with E-state index < -0.39 is 0 Å². The van der Waals surface area contributed by atoms with Gasteiger partial charge in [-0.1, -0.05) is 188 Å². The fourth-order valence-corrected chi connectivity index (χ4v) is 10.1. The van der Waals surface area contributed by atoms with Gasteiger partial charge in [0.1, 0.15) is 0 Å². The summed E-state index contributed by atoms with van der Waals surface area (Å²) in [5.74, 6) is 1.84. The lowest BCUT2D eigenvalue weighted by Crippen LogP contribution is -2.01. The second-order valence-corrected chi connectivity index (χ2v) is 17.2. The van der Waals surface area contributed by atoms with Gasteiger partial charge in [-0.3, -0.25) is 0 Å². The molecule has 0 saturated carbocycles. The molecule has 0 fully saturated rings. The zero-order chi connectivity index (χ0) is 44.3. The van der Waals surface area contributed by atoms with E-state index in [1.165, 1.54) is 65.3 Å². The van der Waals surface area contributed by atoms with Gasteiger partial charge in [0.05, 0.1) is 11.0 Å². The summed E-state index contributed by atoms with van der Waals surface area (Å²) in [7, 11) is 0. The van der Waals surface area contributed by atoms with E-state index in [2.05, 4.69) is 241 Å². The van der Waals surface area contributed by atoms with Crippen molar-refractivity contribution in [2.24, 2.45) is 0 Å². The van der Waals surface area contributed by atoms with E-state index in [1.54, 1.807) is 0 Å². The number of fused-ring (bicyclic) bond motifs is 7. The van der Waals surface area contributed by atoms with Gasteiger partial charge >= 0.3 is 0 Å². The van der Waals surface area contributed by atoms with Crippen LogP contribution in [0.4, 0.5) is 0 Å². The molecule has 0 atom stereocenters. The first-order chi connectivity index (χ1) is 33.2. The molecule has 0 radical (unpaired) electrons. The van der Waals surface area contributed by atoms with Gasteiger partial charge in [0.25, 0.3) is 0 Å². The van der Waals surface area contributed by atoms with Crippen molar-refractivity contribution in [3.05, 3.63) is 243 Å². The van der Waals surface area contributed by atoms with Crippen LogP contribution in [0.5, 0.6) is 0 Å². The third-order valence-electron chi connectivity index (χ3n) is 13.2. The molecule has 0 saturated heterocycles. The molecular formula is C63H40N4. The fraction of sp³-hybridized carbons (Fsp3) is 0. The summed E-state index contributed by atoms with van der Waals surface area (Å²) in [6.07, 6.45) is 0. The van der Waals surface area contributed by atoms with Crippen molar-refractivity contribution >= 4 is 54.1 Å². The first-order valence-electron chi connectivity index (χ1n) is 22.8. The molecule has 2 heterocycles. The van der Waals surface area contributed by atoms with Gasteiger partial charge in [0, 0.05) is 33.2 Å². The molecule has 0 aliphatic carbocycles. The summed E-state index contributed by atoms with van der Waals surface area (Å²) in [6, 6.07) is 86.5. The van der Waals surface area contributed by atoms with Crippen LogP contribution in [-0.2, 0) is 0 Å². The van der Waals surface area contributed by atoms with Crippen LogP contribution in [0.2, 0.25) is 0 Å². The summed E-state index contributed by atoms with van der Waals surface area (Å²) in [5, 5.41) is 9.93. The monoisotopic (exact) mass is 852 g/mol. The fourth-order valence-electron chi connectivity index (χ4n) is 10.1. The summed E-state index contributed by atoms with van der Waals surface area (Å²) in [5.41, 5.74) is 13.0. The van der Waals surface area contributed by atoms with E-state index in [0.717, 1.165) is 44.6 Å². The molecule has 4 heteroatoms. The summed E-state index contributed by atoms with van der Waals surface area (Å²) < 4.78 is 2.33. The first-order valence-corrected chi connectivity index (χ1v) is 22.8. The summed E-state index contributed by atoms with van der Waals surface area (Å²) in [6.45, 7) is 0. The zero-order valence-electron chi connectivity index (χ0n) is 36.4. The Hall–Kier alpha value is -8.99. The SMILES string of the molecule is c1ccc(-c2ccccc2-c2nc(-c3ccc(-n4c5ccccc5c5ccccc54)cc3)nc(-c3cccc(-c4cccc(-c5c6ccccc6cc6c5ccc5ccccc56)c4)c3)n2)cc1. The summed E-state index contributed by atoms with van der Waals surface area (Å²) in [4.78, 5) is 15.8. The Morgan fingerprint density at radius 2 is 0.776 bits per heavy atom. The third-order valence-corrected chi connectivity index (χ3v) is 13.2. The van der Waals surface area contributed by atoms with Crippen LogP contribution in [0.25, 0.3) is 127 Å². The van der Waals surface area contributed by atoms with Gasteiger partial charge < -0.3 is 4.57 Å². The van der Waals surface area contributed by atoms with Crippen molar-refractivity contribution in [2.45, 2.75) is 0 Å². The number of aromatic nitrogens is 4. The Bertz CT molecular complexity index is 3980. The average Bonchev–Trinajstić information content (AvgIpc) is 3.75. The minimum Gasteiger partial charge on any atom is -0.309 e. The van der Waals surface area contributed by atoms with Gasteiger partial charge in [-0.15, -0.1) is 0 Å². The minimum absolute atomic E-state index is 0.610. The Morgan fingerprint density at radius 3 is 1.51 bits per heavy atom. The van der Waals surface area contributed by atoms with Gasteiger partial charge in [-0.2, -0.15) is 0 Å². The molecule has 11 aromatic carbocycles. The highest BCUT2D eigenvalue weighted by molar-refractivity contribution is 6.20. The lowest BCUT2D eigenvalue weighted by Gasteiger charge is -2.15. The Morgan fingerprint density at radius 1 is 0.254 bits per heavy atom. The van der Waals surface area contributed by atoms with E-state index in [-0.39, 0.29) is 0 Å². The topological polar surface area (TPSA) is 43.6 Å². The maximum atomic E-state index is 5.28. The van der Waals surface area contributed by atoms with Gasteiger partial charge in [0.2, 0.25) is 0 Å². The highest BCUT2D eigenvalue weighted by atomic mass is 15.0. The van der Waals surface area contributed by atoms with Gasteiger partial charge in [0.15, 0.2) is 17.5 Å². The molecule has 13 rings (SSSR count). The average molecular weight is 853 g/mol. The number of rotatable bonds is 7. The molecule has 0 bridgehead atoms. The second kappa shape index (κ2) is 15.9. The van der Waals surface area contributed by atoms with Gasteiger partial charge in [-0.05, 0) is 120 Å². The molecule has 0 aliphatic rings. The van der Waals surface area contributed by atoms with Crippen LogP contribution in [-0.4, -0.2) is 19.5 Å². The number of nitrogens with zero attached hydrogens (tertiary/aromatic N) is 4. The number of hydrogen-bond donors (Lipinski definition) is 0. The smallest absolute Gasteiger partial charge is 0.164 e. The standard InChI is InChI=1S/C63H40N4/c1-2-16-41(17-3-1)50-24-8-9-29-56(50)63-65-61(43-32-35-49(36-33-43)67-58-30-12-10-27-53(58)54-28-11-13-31-59(54)67)64-62(66-63)48-23-15-21-45(39-48)44-20-14-22-47(38-44)60-52-26-7-5-19-46(52)40-57-51-25-6-4-18-42(51)34-37-55(57)60/h1-40H. The van der Waals surface area contributed by atoms with Crippen LogP contribution in [0.3, 0.4) is 0 Å². The van der Waals surface area contributed by atoms with Crippen molar-refractivity contribution in [2.75, 3.05) is 0 Å². The van der Waals surface area contributed by atoms with Crippen molar-refractivity contribution in [3.63, 3.8) is 0 Å². The van der Waals surface area contributed by atoms with Crippen molar-refractivity contribution in [1.29, 1.82) is 0 Å². The quantitative estimate of drug-likeness (QED) is 0.118.